The van der Waals surface area contributed by atoms with Crippen LogP contribution in [0.3, 0.4) is 0 Å². The topological polar surface area (TPSA) is 76.4 Å². The molecule has 0 spiro atoms. The lowest BCUT2D eigenvalue weighted by atomic mass is 9.89. The van der Waals surface area contributed by atoms with Gasteiger partial charge in [0.05, 0.1) is 12.1 Å². The van der Waals surface area contributed by atoms with Gasteiger partial charge in [-0.05, 0) is 30.7 Å². The minimum Gasteiger partial charge on any atom is -0.340 e. The molecule has 1 aromatic heterocycles. The Morgan fingerprint density at radius 2 is 2.04 bits per heavy atom. The Morgan fingerprint density at radius 1 is 1.32 bits per heavy atom. The normalized spacial score (nSPS) is 20.7. The maximum absolute atomic E-state index is 12.4. The van der Waals surface area contributed by atoms with E-state index in [1.807, 2.05) is 0 Å². The summed E-state index contributed by atoms with van der Waals surface area (Å²) in [6.45, 7) is 6.84. The highest BCUT2D eigenvalue weighted by Gasteiger charge is 2.25. The number of hydrogen-bond donors (Lipinski definition) is 1. The molecule has 2 heterocycles. The van der Waals surface area contributed by atoms with E-state index in [-0.39, 0.29) is 11.8 Å². The van der Waals surface area contributed by atoms with Crippen molar-refractivity contribution in [2.45, 2.75) is 33.1 Å². The minimum absolute atomic E-state index is 0.0839. The minimum atomic E-state index is -0.0839. The largest absolute Gasteiger partial charge is 0.340 e. The molecule has 25 heavy (non-hydrogen) atoms. The smallest absolute Gasteiger partial charge is 0.239 e. The molecular weight excluding hydrogens is 336 g/mol. The van der Waals surface area contributed by atoms with Crippen LogP contribution in [0.4, 0.5) is 5.00 Å². The fourth-order valence-corrected chi connectivity index (χ4v) is 4.92. The van der Waals surface area contributed by atoms with Gasteiger partial charge in [-0.1, -0.05) is 6.92 Å². The van der Waals surface area contributed by atoms with E-state index in [0.29, 0.717) is 49.2 Å². The first kappa shape index (κ1) is 17.9. The van der Waals surface area contributed by atoms with Gasteiger partial charge in [0, 0.05) is 38.0 Å². The highest BCUT2D eigenvalue weighted by atomic mass is 32.1. The van der Waals surface area contributed by atoms with Gasteiger partial charge in [0.15, 0.2) is 0 Å². The molecule has 0 aromatic carbocycles. The maximum Gasteiger partial charge on any atom is 0.239 e. The Morgan fingerprint density at radius 3 is 2.68 bits per heavy atom. The monoisotopic (exact) mass is 360 g/mol. The Balaban J connectivity index is 1.60. The maximum atomic E-state index is 12.4. The second-order valence-electron chi connectivity index (χ2n) is 7.00. The van der Waals surface area contributed by atoms with Crippen molar-refractivity contribution < 1.29 is 9.59 Å². The summed E-state index contributed by atoms with van der Waals surface area (Å²) in [4.78, 5) is 28.9. The number of nitrogens with zero attached hydrogens (tertiary/aromatic N) is 3. The average Bonchev–Trinajstić information content (AvgIpc) is 2.90. The predicted molar refractivity (Wildman–Crippen MR) is 97.5 cm³/mol. The molecule has 0 saturated carbocycles. The summed E-state index contributed by atoms with van der Waals surface area (Å²) < 4.78 is 0. The van der Waals surface area contributed by atoms with Crippen molar-refractivity contribution in [2.75, 3.05) is 38.0 Å². The van der Waals surface area contributed by atoms with Crippen molar-refractivity contribution in [1.29, 1.82) is 5.26 Å². The number of nitriles is 1. The van der Waals surface area contributed by atoms with Crippen LogP contribution in [0.25, 0.3) is 0 Å². The van der Waals surface area contributed by atoms with E-state index in [1.165, 1.54) is 4.88 Å². The number of amides is 2. The van der Waals surface area contributed by atoms with Crippen molar-refractivity contribution in [1.82, 2.24) is 9.80 Å². The van der Waals surface area contributed by atoms with Gasteiger partial charge in [-0.15, -0.1) is 11.3 Å². The summed E-state index contributed by atoms with van der Waals surface area (Å²) in [5.74, 6) is 0.638. The molecule has 1 fully saturated rings. The van der Waals surface area contributed by atoms with E-state index in [1.54, 1.807) is 23.2 Å². The van der Waals surface area contributed by atoms with Crippen molar-refractivity contribution in [2.24, 2.45) is 5.92 Å². The molecule has 1 saturated heterocycles. The molecule has 3 rings (SSSR count). The van der Waals surface area contributed by atoms with Crippen molar-refractivity contribution in [3.63, 3.8) is 0 Å². The first-order valence-corrected chi connectivity index (χ1v) is 9.62. The molecule has 7 heteroatoms. The molecule has 2 amide bonds. The number of nitrogens with one attached hydrogen (secondary N) is 1. The van der Waals surface area contributed by atoms with Crippen LogP contribution in [0.1, 0.15) is 36.3 Å². The Hall–Kier alpha value is -1.91. The molecule has 1 aliphatic carbocycles. The number of hydrogen-bond acceptors (Lipinski definition) is 5. The van der Waals surface area contributed by atoms with Crippen molar-refractivity contribution in [3.8, 4) is 6.07 Å². The summed E-state index contributed by atoms with van der Waals surface area (Å²) in [6.07, 6.45) is 3.03. The van der Waals surface area contributed by atoms with Crippen LogP contribution in [0.2, 0.25) is 0 Å². The molecule has 1 aromatic rings. The van der Waals surface area contributed by atoms with Gasteiger partial charge in [0.1, 0.15) is 11.1 Å². The number of anilines is 1. The molecule has 1 aliphatic heterocycles. The van der Waals surface area contributed by atoms with Crippen molar-refractivity contribution in [3.05, 3.63) is 16.0 Å². The third-order valence-corrected chi connectivity index (χ3v) is 6.23. The molecule has 0 radical (unpaired) electrons. The van der Waals surface area contributed by atoms with Crippen LogP contribution in [0, 0.1) is 17.2 Å². The summed E-state index contributed by atoms with van der Waals surface area (Å²) in [6, 6.07) is 2.28. The predicted octanol–water partition coefficient (Wildman–Crippen LogP) is 1.85. The van der Waals surface area contributed by atoms with Gasteiger partial charge in [-0.25, -0.2) is 0 Å². The molecule has 0 unspecified atom stereocenters. The standard InChI is InChI=1S/C18H24N4O2S/c1-12-3-4-14-15(10-19)18(25-16(14)9-12)20-17(24)11-21-5-7-22(8-6-21)13(2)23/h12H,3-9,11H2,1-2H3,(H,20,24)/t12-/m0/s1. The first-order chi connectivity index (χ1) is 12.0. The molecule has 134 valence electrons. The lowest BCUT2D eigenvalue weighted by molar-refractivity contribution is -0.130. The van der Waals surface area contributed by atoms with Gasteiger partial charge >= 0.3 is 0 Å². The average molecular weight is 360 g/mol. The Labute approximate surface area is 152 Å². The summed E-state index contributed by atoms with van der Waals surface area (Å²) in [7, 11) is 0. The third kappa shape index (κ3) is 4.02. The number of carbonyl (C=O) groups is 2. The van der Waals surface area contributed by atoms with Crippen molar-refractivity contribution >= 4 is 28.2 Å². The number of fused-ring (bicyclic) bond motifs is 1. The van der Waals surface area contributed by atoms with Crippen LogP contribution >= 0.6 is 11.3 Å². The summed E-state index contributed by atoms with van der Waals surface area (Å²) >= 11 is 1.56. The number of piperazine rings is 1. The van der Waals surface area contributed by atoms with E-state index < -0.39 is 0 Å². The Kier molecular flexibility index (Phi) is 5.40. The highest BCUT2D eigenvalue weighted by Crippen LogP contribution is 2.39. The zero-order valence-electron chi connectivity index (χ0n) is 14.8. The molecule has 1 N–H and O–H groups in total. The summed E-state index contributed by atoms with van der Waals surface area (Å²) in [5, 5.41) is 13.2. The van der Waals surface area contributed by atoms with E-state index in [4.69, 9.17) is 0 Å². The van der Waals surface area contributed by atoms with Crippen LogP contribution in [-0.2, 0) is 22.4 Å². The number of thiophene rings is 1. The van der Waals surface area contributed by atoms with Crippen LogP contribution in [0.15, 0.2) is 0 Å². The van der Waals surface area contributed by atoms with E-state index in [0.717, 1.165) is 24.8 Å². The second kappa shape index (κ2) is 7.54. The fourth-order valence-electron chi connectivity index (χ4n) is 3.55. The van der Waals surface area contributed by atoms with Gasteiger partial charge in [0.25, 0.3) is 0 Å². The Bertz CT molecular complexity index is 713. The van der Waals surface area contributed by atoms with E-state index >= 15 is 0 Å². The fraction of sp³-hybridized carbons (Fsp3) is 0.611. The van der Waals surface area contributed by atoms with Gasteiger partial charge in [-0.2, -0.15) is 5.26 Å². The van der Waals surface area contributed by atoms with Crippen LogP contribution in [0.5, 0.6) is 0 Å². The van der Waals surface area contributed by atoms with E-state index in [2.05, 4.69) is 23.2 Å². The zero-order valence-corrected chi connectivity index (χ0v) is 15.6. The molecule has 6 nitrogen and oxygen atoms in total. The molecule has 1 atom stereocenters. The number of carbonyl (C=O) groups excluding carboxylic acids is 2. The SMILES string of the molecule is CC(=O)N1CCN(CC(=O)Nc2sc3c(c2C#N)CC[C@H](C)C3)CC1. The highest BCUT2D eigenvalue weighted by molar-refractivity contribution is 7.16. The lowest BCUT2D eigenvalue weighted by Gasteiger charge is -2.33. The lowest BCUT2D eigenvalue weighted by Crippen LogP contribution is -2.49. The van der Waals surface area contributed by atoms with Crippen LogP contribution < -0.4 is 5.32 Å². The molecule has 2 aliphatic rings. The molecular formula is C18H24N4O2S. The van der Waals surface area contributed by atoms with Crippen LogP contribution in [-0.4, -0.2) is 54.3 Å². The third-order valence-electron chi connectivity index (χ3n) is 5.06. The van der Waals surface area contributed by atoms with Gasteiger partial charge in [0.2, 0.25) is 11.8 Å². The molecule has 0 bridgehead atoms. The zero-order chi connectivity index (χ0) is 18.0. The number of rotatable bonds is 3. The second-order valence-corrected chi connectivity index (χ2v) is 8.10. The van der Waals surface area contributed by atoms with E-state index in [9.17, 15) is 14.9 Å². The quantitative estimate of drug-likeness (QED) is 0.892. The summed E-state index contributed by atoms with van der Waals surface area (Å²) in [5.41, 5.74) is 1.79. The van der Waals surface area contributed by atoms with Gasteiger partial charge < -0.3 is 10.2 Å². The van der Waals surface area contributed by atoms with Gasteiger partial charge in [-0.3, -0.25) is 14.5 Å². The first-order valence-electron chi connectivity index (χ1n) is 8.80.